The summed E-state index contributed by atoms with van der Waals surface area (Å²) in [5, 5.41) is 2.88. The van der Waals surface area contributed by atoms with Gasteiger partial charge in [0.05, 0.1) is 24.3 Å². The van der Waals surface area contributed by atoms with E-state index in [0.717, 1.165) is 11.3 Å². The van der Waals surface area contributed by atoms with Gasteiger partial charge in [-0.25, -0.2) is 18.2 Å². The van der Waals surface area contributed by atoms with Crippen molar-refractivity contribution >= 4 is 38.4 Å². The predicted molar refractivity (Wildman–Crippen MR) is 111 cm³/mol. The first-order valence-corrected chi connectivity index (χ1v) is 11.6. The van der Waals surface area contributed by atoms with Crippen LogP contribution in [0, 0.1) is 6.92 Å². The van der Waals surface area contributed by atoms with Crippen LogP contribution in [-0.4, -0.2) is 55.9 Å². The predicted octanol–water partition coefficient (Wildman–Crippen LogP) is 2.43. The Bertz CT molecular complexity index is 1030. The lowest BCUT2D eigenvalue weighted by atomic mass is 10.2. The van der Waals surface area contributed by atoms with Gasteiger partial charge >= 0.3 is 5.97 Å². The van der Waals surface area contributed by atoms with Gasteiger partial charge in [-0.2, -0.15) is 4.31 Å². The summed E-state index contributed by atoms with van der Waals surface area (Å²) in [6.45, 7) is 3.83. The van der Waals surface area contributed by atoms with Crippen LogP contribution in [0.2, 0.25) is 0 Å². The highest BCUT2D eigenvalue weighted by Gasteiger charge is 2.39. The lowest BCUT2D eigenvalue weighted by Gasteiger charge is -2.23. The van der Waals surface area contributed by atoms with Crippen LogP contribution in [0.1, 0.15) is 35.1 Å². The molecule has 1 aliphatic heterocycles. The highest BCUT2D eigenvalue weighted by atomic mass is 32.2. The number of ether oxygens (including phenoxy) is 2. The van der Waals surface area contributed by atoms with Crippen LogP contribution in [0.25, 0.3) is 0 Å². The molecule has 9 nitrogen and oxygen atoms in total. The van der Waals surface area contributed by atoms with Gasteiger partial charge in [0.15, 0.2) is 5.13 Å². The van der Waals surface area contributed by atoms with Crippen LogP contribution in [0.3, 0.4) is 0 Å². The zero-order valence-electron chi connectivity index (χ0n) is 16.9. The number of carbonyl (C=O) groups excluding carboxylic acids is 2. The molecule has 0 aliphatic carbocycles. The molecule has 1 fully saturated rings. The Morgan fingerprint density at radius 3 is 2.63 bits per heavy atom. The van der Waals surface area contributed by atoms with Crippen LogP contribution >= 0.6 is 11.3 Å². The number of amides is 1. The molecule has 0 bridgehead atoms. The number of aryl methyl sites for hydroxylation is 1. The normalized spacial score (nSPS) is 17.0. The van der Waals surface area contributed by atoms with E-state index < -0.39 is 27.9 Å². The van der Waals surface area contributed by atoms with Crippen molar-refractivity contribution in [1.82, 2.24) is 9.29 Å². The van der Waals surface area contributed by atoms with E-state index in [4.69, 9.17) is 9.47 Å². The Morgan fingerprint density at radius 2 is 2.00 bits per heavy atom. The van der Waals surface area contributed by atoms with Crippen LogP contribution in [0.5, 0.6) is 5.75 Å². The van der Waals surface area contributed by atoms with Gasteiger partial charge in [-0.15, -0.1) is 0 Å². The van der Waals surface area contributed by atoms with Gasteiger partial charge in [-0.05, 0) is 51.0 Å². The minimum absolute atomic E-state index is 0.0951. The van der Waals surface area contributed by atoms with Gasteiger partial charge in [0.2, 0.25) is 15.9 Å². The minimum Gasteiger partial charge on any atom is -0.497 e. The third kappa shape index (κ3) is 4.47. The summed E-state index contributed by atoms with van der Waals surface area (Å²) >= 11 is 1.00. The minimum atomic E-state index is -3.85. The molecule has 0 radical (unpaired) electrons. The van der Waals surface area contributed by atoms with Crippen molar-refractivity contribution in [3.8, 4) is 5.75 Å². The fraction of sp³-hybridized carbons (Fsp3) is 0.421. The number of benzene rings is 1. The van der Waals surface area contributed by atoms with Gasteiger partial charge in [-0.3, -0.25) is 4.79 Å². The van der Waals surface area contributed by atoms with Crippen molar-refractivity contribution in [2.75, 3.05) is 25.6 Å². The molecule has 1 atom stereocenters. The number of rotatable bonds is 7. The van der Waals surface area contributed by atoms with Crippen molar-refractivity contribution < 1.29 is 27.5 Å². The zero-order valence-corrected chi connectivity index (χ0v) is 18.5. The Balaban J connectivity index is 1.77. The molecule has 0 saturated carbocycles. The van der Waals surface area contributed by atoms with Gasteiger partial charge in [-0.1, -0.05) is 11.3 Å². The molecule has 1 saturated heterocycles. The van der Waals surface area contributed by atoms with Crippen molar-refractivity contribution in [3.05, 3.63) is 34.8 Å². The number of methoxy groups -OCH3 is 1. The summed E-state index contributed by atoms with van der Waals surface area (Å²) in [5.41, 5.74) is 0.447. The Kier molecular flexibility index (Phi) is 6.74. The van der Waals surface area contributed by atoms with E-state index in [1.165, 1.54) is 23.5 Å². The molecule has 162 valence electrons. The zero-order chi connectivity index (χ0) is 21.9. The number of nitrogens with zero attached hydrogens (tertiary/aromatic N) is 2. The molecule has 1 unspecified atom stereocenters. The molecular weight excluding hydrogens is 430 g/mol. The molecule has 30 heavy (non-hydrogen) atoms. The molecule has 2 heterocycles. The maximum absolute atomic E-state index is 13.1. The molecule has 0 spiro atoms. The van der Waals surface area contributed by atoms with Crippen LogP contribution < -0.4 is 10.1 Å². The third-order valence-corrected chi connectivity index (χ3v) is 7.64. The van der Waals surface area contributed by atoms with Crippen molar-refractivity contribution in [2.24, 2.45) is 0 Å². The maximum atomic E-state index is 13.1. The number of hydrogen-bond acceptors (Lipinski definition) is 8. The smallest absolute Gasteiger partial charge is 0.350 e. The van der Waals surface area contributed by atoms with Gasteiger partial charge in [0, 0.05) is 6.54 Å². The summed E-state index contributed by atoms with van der Waals surface area (Å²) in [7, 11) is -2.35. The standard InChI is InChI=1S/C19H23N3O6S2/c1-4-28-18(24)16-12(2)20-19(29-16)21-17(23)15-6-5-11-22(15)30(25,26)14-9-7-13(27-3)8-10-14/h7-10,15H,4-6,11H2,1-3H3,(H,20,21,23). The second-order valence-corrected chi connectivity index (χ2v) is 9.48. The Labute approximate surface area is 179 Å². The van der Waals surface area contributed by atoms with Crippen molar-refractivity contribution in [1.29, 1.82) is 0 Å². The molecule has 11 heteroatoms. The van der Waals surface area contributed by atoms with E-state index in [2.05, 4.69) is 10.3 Å². The van der Waals surface area contributed by atoms with Gasteiger partial charge in [0.25, 0.3) is 0 Å². The van der Waals surface area contributed by atoms with E-state index in [1.54, 1.807) is 26.0 Å². The average Bonchev–Trinajstić information content (AvgIpc) is 3.35. The average molecular weight is 454 g/mol. The molecule has 1 N–H and O–H groups in total. The molecule has 1 aromatic carbocycles. The maximum Gasteiger partial charge on any atom is 0.350 e. The quantitative estimate of drug-likeness (QED) is 0.640. The van der Waals surface area contributed by atoms with E-state index in [0.29, 0.717) is 29.2 Å². The number of anilines is 1. The van der Waals surface area contributed by atoms with E-state index in [-0.39, 0.29) is 23.2 Å². The summed E-state index contributed by atoms with van der Waals surface area (Å²) in [5.74, 6) is -0.437. The number of carbonyl (C=O) groups is 2. The molecule has 2 aromatic rings. The molecular formula is C19H23N3O6S2. The first-order chi connectivity index (χ1) is 14.3. The fourth-order valence-electron chi connectivity index (χ4n) is 3.20. The monoisotopic (exact) mass is 453 g/mol. The van der Waals surface area contributed by atoms with Crippen LogP contribution in [0.4, 0.5) is 5.13 Å². The number of nitrogens with one attached hydrogen (secondary N) is 1. The number of sulfonamides is 1. The topological polar surface area (TPSA) is 115 Å². The third-order valence-electron chi connectivity index (χ3n) is 4.66. The van der Waals surface area contributed by atoms with Crippen molar-refractivity contribution in [2.45, 2.75) is 37.6 Å². The largest absolute Gasteiger partial charge is 0.497 e. The number of thiazole rings is 1. The highest BCUT2D eigenvalue weighted by Crippen LogP contribution is 2.29. The first-order valence-electron chi connectivity index (χ1n) is 9.39. The summed E-state index contributed by atoms with van der Waals surface area (Å²) in [4.78, 5) is 29.4. The Morgan fingerprint density at radius 1 is 1.30 bits per heavy atom. The lowest BCUT2D eigenvalue weighted by molar-refractivity contribution is -0.119. The molecule has 1 amide bonds. The van der Waals surface area contributed by atoms with Gasteiger partial charge in [0.1, 0.15) is 16.7 Å². The number of aromatic nitrogens is 1. The summed E-state index contributed by atoms with van der Waals surface area (Å²) in [6.07, 6.45) is 0.967. The molecule has 1 aromatic heterocycles. The fourth-order valence-corrected chi connectivity index (χ4v) is 5.72. The molecule has 3 rings (SSSR count). The van der Waals surface area contributed by atoms with Crippen LogP contribution in [-0.2, 0) is 19.6 Å². The SMILES string of the molecule is CCOC(=O)c1sc(NC(=O)C2CCCN2S(=O)(=O)c2ccc(OC)cc2)nc1C. The van der Waals surface area contributed by atoms with Crippen molar-refractivity contribution in [3.63, 3.8) is 0 Å². The molecule has 1 aliphatic rings. The van der Waals surface area contributed by atoms with E-state index >= 15 is 0 Å². The summed E-state index contributed by atoms with van der Waals surface area (Å²) < 4.78 is 37.4. The van der Waals surface area contributed by atoms with E-state index in [9.17, 15) is 18.0 Å². The van der Waals surface area contributed by atoms with Crippen LogP contribution in [0.15, 0.2) is 29.2 Å². The number of esters is 1. The number of hydrogen-bond donors (Lipinski definition) is 1. The Hall–Kier alpha value is -2.50. The van der Waals surface area contributed by atoms with E-state index in [1.807, 2.05) is 0 Å². The summed E-state index contributed by atoms with van der Waals surface area (Å²) in [6, 6.07) is 5.18. The van der Waals surface area contributed by atoms with Gasteiger partial charge < -0.3 is 14.8 Å². The highest BCUT2D eigenvalue weighted by molar-refractivity contribution is 7.89. The second-order valence-electron chi connectivity index (χ2n) is 6.59. The second kappa shape index (κ2) is 9.11. The first kappa shape index (κ1) is 22.2. The lowest BCUT2D eigenvalue weighted by Crippen LogP contribution is -2.43.